The van der Waals surface area contributed by atoms with E-state index in [4.69, 9.17) is 16.2 Å². The van der Waals surface area contributed by atoms with Gasteiger partial charge in [0.25, 0.3) is 0 Å². The van der Waals surface area contributed by atoms with Gasteiger partial charge in [-0.25, -0.2) is 0 Å². The number of para-hydroxylation sites is 1. The van der Waals surface area contributed by atoms with Crippen LogP contribution in [0.3, 0.4) is 0 Å². The lowest BCUT2D eigenvalue weighted by molar-refractivity contribution is -0.127. The van der Waals surface area contributed by atoms with E-state index < -0.39 is 11.9 Å². The fourth-order valence-electron chi connectivity index (χ4n) is 2.98. The van der Waals surface area contributed by atoms with Crippen molar-refractivity contribution in [3.05, 3.63) is 36.5 Å². The summed E-state index contributed by atoms with van der Waals surface area (Å²) >= 11 is 0. The molecule has 0 saturated carbocycles. The summed E-state index contributed by atoms with van der Waals surface area (Å²) in [5.74, 6) is 0.135. The Morgan fingerprint density at radius 2 is 1.89 bits per heavy atom. The van der Waals surface area contributed by atoms with E-state index in [0.717, 1.165) is 48.8 Å². The molecule has 7 heteroatoms. The number of nitrogens with one attached hydrogen (secondary N) is 1. The molecule has 2 amide bonds. The minimum absolute atomic E-state index is 0.143. The van der Waals surface area contributed by atoms with Crippen LogP contribution < -0.4 is 21.5 Å². The van der Waals surface area contributed by atoms with Crippen LogP contribution in [0.5, 0.6) is 5.75 Å². The number of benzene rings is 1. The maximum Gasteiger partial charge on any atom is 0.239 e. The molecule has 0 aliphatic heterocycles. The Kier molecular flexibility index (Phi) is 9.21. The standard InChI is InChI=1S/C21H30N4O3/c22-13-4-3-10-17(21(23)27)25-19(26)12-2-1-5-15-28-18-11-6-8-16-9-7-14-24-20(16)18/h6-9,11,14,17H,1-5,10,12-13,15,22H2,(H2,23,27)(H,25,26). The maximum atomic E-state index is 12.0. The highest BCUT2D eigenvalue weighted by molar-refractivity contribution is 5.86. The molecule has 2 aromatic rings. The van der Waals surface area contributed by atoms with Gasteiger partial charge in [0.05, 0.1) is 6.61 Å². The topological polar surface area (TPSA) is 120 Å². The highest BCUT2D eigenvalue weighted by atomic mass is 16.5. The molecule has 28 heavy (non-hydrogen) atoms. The van der Waals surface area contributed by atoms with Gasteiger partial charge in [-0.3, -0.25) is 14.6 Å². The zero-order valence-corrected chi connectivity index (χ0v) is 16.2. The number of pyridine rings is 1. The molecule has 1 unspecified atom stereocenters. The van der Waals surface area contributed by atoms with E-state index in [0.29, 0.717) is 26.0 Å². The minimum atomic E-state index is -0.610. The molecule has 1 heterocycles. The molecule has 1 atom stereocenters. The monoisotopic (exact) mass is 386 g/mol. The van der Waals surface area contributed by atoms with Gasteiger partial charge in [-0.2, -0.15) is 0 Å². The first-order chi connectivity index (χ1) is 13.6. The van der Waals surface area contributed by atoms with Gasteiger partial charge in [-0.15, -0.1) is 0 Å². The summed E-state index contributed by atoms with van der Waals surface area (Å²) in [6.07, 6.45) is 6.67. The molecule has 0 aliphatic carbocycles. The smallest absolute Gasteiger partial charge is 0.239 e. The fourth-order valence-corrected chi connectivity index (χ4v) is 2.98. The summed E-state index contributed by atoms with van der Waals surface area (Å²) in [7, 11) is 0. The van der Waals surface area contributed by atoms with Crippen molar-refractivity contribution in [2.75, 3.05) is 13.2 Å². The van der Waals surface area contributed by atoms with Crippen LogP contribution >= 0.6 is 0 Å². The first-order valence-corrected chi connectivity index (χ1v) is 9.87. The van der Waals surface area contributed by atoms with Gasteiger partial charge in [0.2, 0.25) is 11.8 Å². The molecule has 152 valence electrons. The van der Waals surface area contributed by atoms with Gasteiger partial charge < -0.3 is 21.5 Å². The number of hydrogen-bond donors (Lipinski definition) is 3. The number of carbonyl (C=O) groups excluding carboxylic acids is 2. The van der Waals surface area contributed by atoms with Crippen molar-refractivity contribution in [2.24, 2.45) is 11.5 Å². The highest BCUT2D eigenvalue weighted by Crippen LogP contribution is 2.23. The van der Waals surface area contributed by atoms with Crippen LogP contribution in [0.4, 0.5) is 0 Å². The van der Waals surface area contributed by atoms with Gasteiger partial charge in [0.1, 0.15) is 17.3 Å². The maximum absolute atomic E-state index is 12.0. The van der Waals surface area contributed by atoms with E-state index in [2.05, 4.69) is 10.3 Å². The van der Waals surface area contributed by atoms with E-state index in [-0.39, 0.29) is 5.91 Å². The lowest BCUT2D eigenvalue weighted by atomic mass is 10.1. The quantitative estimate of drug-likeness (QED) is 0.456. The molecule has 0 saturated heterocycles. The average Bonchev–Trinajstić information content (AvgIpc) is 2.70. The zero-order chi connectivity index (χ0) is 20.2. The number of nitrogens with two attached hydrogens (primary N) is 2. The molecule has 1 aromatic heterocycles. The van der Waals surface area contributed by atoms with Gasteiger partial charge in [-0.1, -0.05) is 18.2 Å². The summed E-state index contributed by atoms with van der Waals surface area (Å²) in [5, 5.41) is 3.77. The number of nitrogens with zero attached hydrogens (tertiary/aromatic N) is 1. The number of fused-ring (bicyclic) bond motifs is 1. The number of ether oxygens (including phenoxy) is 1. The Morgan fingerprint density at radius 1 is 1.07 bits per heavy atom. The SMILES string of the molecule is NCCCCC(NC(=O)CCCCCOc1cccc2cccnc12)C(N)=O. The van der Waals surface area contributed by atoms with E-state index in [9.17, 15) is 9.59 Å². The Hall–Kier alpha value is -2.67. The summed E-state index contributed by atoms with van der Waals surface area (Å²) in [5.41, 5.74) is 11.7. The Morgan fingerprint density at radius 3 is 2.68 bits per heavy atom. The number of aromatic nitrogens is 1. The van der Waals surface area contributed by atoms with Crippen molar-refractivity contribution in [3.8, 4) is 5.75 Å². The molecule has 0 fully saturated rings. The van der Waals surface area contributed by atoms with Crippen molar-refractivity contribution in [1.29, 1.82) is 0 Å². The van der Waals surface area contributed by atoms with Gasteiger partial charge in [0, 0.05) is 18.0 Å². The lowest BCUT2D eigenvalue weighted by Gasteiger charge is -2.15. The van der Waals surface area contributed by atoms with Crippen molar-refractivity contribution in [3.63, 3.8) is 0 Å². The molecule has 2 rings (SSSR count). The first kappa shape index (κ1) is 21.6. The van der Waals surface area contributed by atoms with Gasteiger partial charge >= 0.3 is 0 Å². The van der Waals surface area contributed by atoms with Crippen molar-refractivity contribution in [1.82, 2.24) is 10.3 Å². The van der Waals surface area contributed by atoms with Crippen LogP contribution in [-0.4, -0.2) is 36.0 Å². The predicted molar refractivity (Wildman–Crippen MR) is 110 cm³/mol. The minimum Gasteiger partial charge on any atom is -0.491 e. The number of rotatable bonds is 13. The van der Waals surface area contributed by atoms with Gasteiger partial charge in [-0.05, 0) is 57.2 Å². The van der Waals surface area contributed by atoms with Gasteiger partial charge in [0.15, 0.2) is 0 Å². The third-order valence-electron chi connectivity index (χ3n) is 4.53. The third-order valence-corrected chi connectivity index (χ3v) is 4.53. The molecule has 5 N–H and O–H groups in total. The van der Waals surface area contributed by atoms with E-state index in [1.807, 2.05) is 30.3 Å². The molecule has 0 aliphatic rings. The van der Waals surface area contributed by atoms with E-state index in [1.165, 1.54) is 0 Å². The van der Waals surface area contributed by atoms with E-state index >= 15 is 0 Å². The zero-order valence-electron chi connectivity index (χ0n) is 16.2. The summed E-state index contributed by atoms with van der Waals surface area (Å²) < 4.78 is 5.84. The average molecular weight is 386 g/mol. The van der Waals surface area contributed by atoms with Crippen molar-refractivity contribution in [2.45, 2.75) is 51.0 Å². The van der Waals surface area contributed by atoms with Crippen LogP contribution in [0.25, 0.3) is 10.9 Å². The normalized spacial score (nSPS) is 11.9. The van der Waals surface area contributed by atoms with Crippen molar-refractivity contribution >= 4 is 22.7 Å². The largest absolute Gasteiger partial charge is 0.491 e. The van der Waals surface area contributed by atoms with Crippen LogP contribution in [-0.2, 0) is 9.59 Å². The lowest BCUT2D eigenvalue weighted by Crippen LogP contribution is -2.44. The molecule has 7 nitrogen and oxygen atoms in total. The molecular formula is C21H30N4O3. The molecule has 0 bridgehead atoms. The number of hydrogen-bond acceptors (Lipinski definition) is 5. The van der Waals surface area contributed by atoms with Crippen LogP contribution in [0.1, 0.15) is 44.9 Å². The Balaban J connectivity index is 1.64. The Labute approximate surface area is 165 Å². The second kappa shape index (κ2) is 11.9. The number of carbonyl (C=O) groups is 2. The summed E-state index contributed by atoms with van der Waals surface area (Å²) in [6.45, 7) is 1.14. The third kappa shape index (κ3) is 7.15. The van der Waals surface area contributed by atoms with E-state index in [1.54, 1.807) is 6.20 Å². The van der Waals surface area contributed by atoms with Crippen LogP contribution in [0.15, 0.2) is 36.5 Å². The number of primary amides is 1. The van der Waals surface area contributed by atoms with Crippen LogP contribution in [0.2, 0.25) is 0 Å². The first-order valence-electron chi connectivity index (χ1n) is 9.87. The molecule has 1 aromatic carbocycles. The highest BCUT2D eigenvalue weighted by Gasteiger charge is 2.17. The fraction of sp³-hybridized carbons (Fsp3) is 0.476. The summed E-state index contributed by atoms with van der Waals surface area (Å²) in [6, 6.07) is 9.16. The second-order valence-electron chi connectivity index (χ2n) is 6.80. The molecule has 0 spiro atoms. The predicted octanol–water partition coefficient (Wildman–Crippen LogP) is 2.27. The second-order valence-corrected chi connectivity index (χ2v) is 6.80. The number of unbranched alkanes of at least 4 members (excludes halogenated alkanes) is 3. The van der Waals surface area contributed by atoms with Crippen molar-refractivity contribution < 1.29 is 14.3 Å². The van der Waals surface area contributed by atoms with Crippen LogP contribution in [0, 0.1) is 0 Å². The number of amides is 2. The summed E-state index contributed by atoms with van der Waals surface area (Å²) in [4.78, 5) is 27.8. The molecular weight excluding hydrogens is 356 g/mol. The molecule has 0 radical (unpaired) electrons. The Bertz CT molecular complexity index is 761.